The molecule has 0 fully saturated rings. The minimum absolute atomic E-state index is 0.982. The van der Waals surface area contributed by atoms with Crippen LogP contribution in [0.15, 0.2) is 24.3 Å². The molecule has 11 heavy (non-hydrogen) atoms. The van der Waals surface area contributed by atoms with Crippen LogP contribution in [0.4, 0.5) is 0 Å². The Kier molecular flexibility index (Phi) is 1.79. The van der Waals surface area contributed by atoms with Crippen LogP contribution in [-0.2, 0) is 0 Å². The molecule has 1 atom stereocenters. The summed E-state index contributed by atoms with van der Waals surface area (Å²) in [4.78, 5) is 0. The van der Waals surface area contributed by atoms with Gasteiger partial charge in [0.1, 0.15) is 0 Å². The highest BCUT2D eigenvalue weighted by Gasteiger charge is 2.02. The molecule has 0 saturated heterocycles. The van der Waals surface area contributed by atoms with Gasteiger partial charge < -0.3 is 0 Å². The summed E-state index contributed by atoms with van der Waals surface area (Å²) in [6.45, 7) is 2.16. The monoisotopic (exact) mass is 162 g/mol. The molecule has 1 aromatic rings. The number of rotatable bonds is 0. The molecule has 56 valence electrons. The minimum atomic E-state index is 0.982. The van der Waals surface area contributed by atoms with E-state index >= 15 is 0 Å². The van der Waals surface area contributed by atoms with Crippen molar-refractivity contribution < 1.29 is 0 Å². The first-order valence-electron chi connectivity index (χ1n) is 3.87. The fraction of sp³-hybridized carbons (Fsp3) is 0.200. The maximum atomic E-state index is 2.30. The Balaban J connectivity index is 2.53. The van der Waals surface area contributed by atoms with E-state index in [-0.39, 0.29) is 0 Å². The second kappa shape index (κ2) is 2.79. The van der Waals surface area contributed by atoms with E-state index < -0.39 is 0 Å². The van der Waals surface area contributed by atoms with Gasteiger partial charge in [0, 0.05) is 0 Å². The summed E-state index contributed by atoms with van der Waals surface area (Å²) in [5.74, 6) is 0. The summed E-state index contributed by atoms with van der Waals surface area (Å²) in [7, 11) is 0.982. The summed E-state index contributed by atoms with van der Waals surface area (Å²) >= 11 is 0. The zero-order valence-corrected chi connectivity index (χ0v) is 7.59. The first kappa shape index (κ1) is 7.06. The lowest BCUT2D eigenvalue weighted by molar-refractivity contribution is 1.48. The SMILES string of the molecule is Cc1ccc2c(c1)PCC=C2. The zero-order valence-electron chi connectivity index (χ0n) is 6.59. The first-order chi connectivity index (χ1) is 5.36. The highest BCUT2D eigenvalue weighted by molar-refractivity contribution is 7.47. The van der Waals surface area contributed by atoms with Crippen LogP contribution in [-0.4, -0.2) is 6.16 Å². The second-order valence-electron chi connectivity index (χ2n) is 2.87. The molecular weight excluding hydrogens is 151 g/mol. The molecule has 1 unspecified atom stereocenters. The summed E-state index contributed by atoms with van der Waals surface area (Å²) in [6, 6.07) is 6.70. The van der Waals surface area contributed by atoms with Crippen molar-refractivity contribution in [2.45, 2.75) is 6.92 Å². The van der Waals surface area contributed by atoms with Crippen molar-refractivity contribution >= 4 is 20.0 Å². The Morgan fingerprint density at radius 3 is 3.18 bits per heavy atom. The molecule has 0 saturated carbocycles. The molecule has 1 aliphatic rings. The molecule has 0 amide bonds. The van der Waals surface area contributed by atoms with E-state index in [1.807, 2.05) is 0 Å². The molecule has 1 heteroatoms. The molecule has 0 bridgehead atoms. The van der Waals surface area contributed by atoms with Crippen LogP contribution < -0.4 is 5.30 Å². The molecule has 1 heterocycles. The Labute approximate surface area is 69.1 Å². The summed E-state index contributed by atoms with van der Waals surface area (Å²) < 4.78 is 0. The van der Waals surface area contributed by atoms with E-state index in [9.17, 15) is 0 Å². The Hall–Kier alpha value is -0.610. The topological polar surface area (TPSA) is 0 Å². The van der Waals surface area contributed by atoms with Crippen LogP contribution in [0.1, 0.15) is 11.1 Å². The van der Waals surface area contributed by atoms with Crippen molar-refractivity contribution in [3.8, 4) is 0 Å². The third-order valence-corrected chi connectivity index (χ3v) is 3.17. The van der Waals surface area contributed by atoms with Crippen molar-refractivity contribution in [1.29, 1.82) is 0 Å². The Bertz CT molecular complexity index is 300. The average molecular weight is 162 g/mol. The lowest BCUT2D eigenvalue weighted by atomic mass is 10.1. The van der Waals surface area contributed by atoms with Crippen molar-refractivity contribution in [2.24, 2.45) is 0 Å². The smallest absolute Gasteiger partial charge is 0.0128 e. The van der Waals surface area contributed by atoms with Crippen molar-refractivity contribution in [1.82, 2.24) is 0 Å². The van der Waals surface area contributed by atoms with Gasteiger partial charge in [0.2, 0.25) is 0 Å². The van der Waals surface area contributed by atoms with E-state index in [4.69, 9.17) is 0 Å². The molecule has 0 aromatic heterocycles. The molecule has 0 nitrogen and oxygen atoms in total. The fourth-order valence-corrected chi connectivity index (χ4v) is 2.48. The van der Waals surface area contributed by atoms with Gasteiger partial charge in [0.25, 0.3) is 0 Å². The van der Waals surface area contributed by atoms with Gasteiger partial charge >= 0.3 is 0 Å². The molecule has 1 aromatic carbocycles. The summed E-state index contributed by atoms with van der Waals surface area (Å²) in [6.07, 6.45) is 5.72. The Morgan fingerprint density at radius 2 is 2.27 bits per heavy atom. The van der Waals surface area contributed by atoms with Crippen LogP contribution in [0.25, 0.3) is 6.08 Å². The first-order valence-corrected chi connectivity index (χ1v) is 5.08. The summed E-state index contributed by atoms with van der Waals surface area (Å²) in [5, 5.41) is 1.53. The standard InChI is InChI=1S/C10H11P/c1-8-4-5-9-3-2-6-11-10(9)7-8/h2-5,7,11H,6H2,1H3. The molecule has 1 aliphatic heterocycles. The summed E-state index contributed by atoms with van der Waals surface area (Å²) in [5.41, 5.74) is 2.80. The van der Waals surface area contributed by atoms with E-state index in [1.165, 1.54) is 22.6 Å². The van der Waals surface area contributed by atoms with Crippen molar-refractivity contribution in [3.63, 3.8) is 0 Å². The van der Waals surface area contributed by atoms with Crippen molar-refractivity contribution in [2.75, 3.05) is 6.16 Å². The number of fused-ring (bicyclic) bond motifs is 1. The zero-order chi connectivity index (χ0) is 7.68. The van der Waals surface area contributed by atoms with Gasteiger partial charge in [-0.2, -0.15) is 0 Å². The number of benzene rings is 1. The van der Waals surface area contributed by atoms with E-state index in [0.717, 1.165) is 8.58 Å². The number of hydrogen-bond acceptors (Lipinski definition) is 0. The minimum Gasteiger partial charge on any atom is -0.0858 e. The predicted octanol–water partition coefficient (Wildman–Crippen LogP) is 2.33. The third-order valence-electron chi connectivity index (χ3n) is 1.92. The lowest BCUT2D eigenvalue weighted by Gasteiger charge is -2.10. The van der Waals surface area contributed by atoms with Crippen LogP contribution in [0.5, 0.6) is 0 Å². The van der Waals surface area contributed by atoms with Crippen LogP contribution in [0.2, 0.25) is 0 Å². The van der Waals surface area contributed by atoms with Crippen LogP contribution in [0, 0.1) is 6.92 Å². The van der Waals surface area contributed by atoms with E-state index in [1.54, 1.807) is 0 Å². The Morgan fingerprint density at radius 1 is 1.36 bits per heavy atom. The normalized spacial score (nSPS) is 16.8. The predicted molar refractivity (Wildman–Crippen MR) is 53.0 cm³/mol. The van der Waals surface area contributed by atoms with Crippen LogP contribution >= 0.6 is 8.58 Å². The second-order valence-corrected chi connectivity index (χ2v) is 4.17. The van der Waals surface area contributed by atoms with Crippen LogP contribution in [0.3, 0.4) is 0 Å². The van der Waals surface area contributed by atoms with Gasteiger partial charge in [-0.3, -0.25) is 0 Å². The van der Waals surface area contributed by atoms with Gasteiger partial charge in [0.15, 0.2) is 0 Å². The number of allylic oxidation sites excluding steroid dienone is 1. The van der Waals surface area contributed by atoms with Gasteiger partial charge in [-0.25, -0.2) is 0 Å². The van der Waals surface area contributed by atoms with Gasteiger partial charge in [-0.05, 0) is 24.0 Å². The maximum Gasteiger partial charge on any atom is -0.0128 e. The largest absolute Gasteiger partial charge is 0.0858 e. The lowest BCUT2D eigenvalue weighted by Crippen LogP contribution is -2.04. The molecule has 2 rings (SSSR count). The fourth-order valence-electron chi connectivity index (χ4n) is 1.32. The quantitative estimate of drug-likeness (QED) is 0.513. The highest BCUT2D eigenvalue weighted by Crippen LogP contribution is 2.20. The number of hydrogen-bond donors (Lipinski definition) is 0. The van der Waals surface area contributed by atoms with Gasteiger partial charge in [-0.15, -0.1) is 0 Å². The number of aryl methyl sites for hydroxylation is 1. The maximum absolute atomic E-state index is 2.30. The molecule has 0 radical (unpaired) electrons. The molecule has 0 spiro atoms. The van der Waals surface area contributed by atoms with E-state index in [2.05, 4.69) is 37.3 Å². The van der Waals surface area contributed by atoms with E-state index in [0.29, 0.717) is 0 Å². The highest BCUT2D eigenvalue weighted by atomic mass is 31.1. The molecule has 0 aliphatic carbocycles. The van der Waals surface area contributed by atoms with Gasteiger partial charge in [0.05, 0.1) is 0 Å². The molecular formula is C10H11P. The average Bonchev–Trinajstić information content (AvgIpc) is 2.04. The molecule has 0 N–H and O–H groups in total. The third kappa shape index (κ3) is 1.36. The van der Waals surface area contributed by atoms with Crippen molar-refractivity contribution in [3.05, 3.63) is 35.4 Å². The van der Waals surface area contributed by atoms with Gasteiger partial charge in [-0.1, -0.05) is 44.5 Å².